The maximum atomic E-state index is 12.1. The van der Waals surface area contributed by atoms with Crippen LogP contribution in [0.2, 0.25) is 0 Å². The van der Waals surface area contributed by atoms with E-state index in [-0.39, 0.29) is 6.42 Å². The maximum absolute atomic E-state index is 12.1. The lowest BCUT2D eigenvalue weighted by molar-refractivity contribution is -0.209. The van der Waals surface area contributed by atoms with Crippen molar-refractivity contribution in [3.8, 4) is 0 Å². The summed E-state index contributed by atoms with van der Waals surface area (Å²) in [5.41, 5.74) is 6.19. The van der Waals surface area contributed by atoms with E-state index < -0.39 is 18.3 Å². The van der Waals surface area contributed by atoms with E-state index in [4.69, 9.17) is 10.8 Å². The molecular weight excluding hydrogens is 219 g/mol. The number of aryl methyl sites for hydroxylation is 1. The molecule has 2 atom stereocenters. The van der Waals surface area contributed by atoms with Crippen LogP contribution < -0.4 is 5.73 Å². The molecule has 90 valence electrons. The van der Waals surface area contributed by atoms with Crippen LogP contribution in [-0.2, 0) is 6.42 Å². The van der Waals surface area contributed by atoms with Gasteiger partial charge in [-0.1, -0.05) is 30.3 Å². The first-order chi connectivity index (χ1) is 7.41. The van der Waals surface area contributed by atoms with Crippen LogP contribution >= 0.6 is 0 Å². The van der Waals surface area contributed by atoms with E-state index in [2.05, 4.69) is 0 Å². The molecule has 0 aromatic heterocycles. The molecule has 0 saturated carbocycles. The molecule has 0 spiro atoms. The van der Waals surface area contributed by atoms with Crippen molar-refractivity contribution < 1.29 is 18.3 Å². The van der Waals surface area contributed by atoms with Crippen molar-refractivity contribution >= 4 is 0 Å². The van der Waals surface area contributed by atoms with E-state index in [9.17, 15) is 13.2 Å². The highest BCUT2D eigenvalue weighted by atomic mass is 19.4. The molecule has 0 aliphatic rings. The minimum absolute atomic E-state index is 0.102. The predicted molar refractivity (Wildman–Crippen MR) is 54.8 cm³/mol. The number of halogens is 3. The van der Waals surface area contributed by atoms with Crippen LogP contribution in [0.15, 0.2) is 30.3 Å². The average molecular weight is 233 g/mol. The molecule has 0 aliphatic heterocycles. The molecule has 0 unspecified atom stereocenters. The largest absolute Gasteiger partial charge is 0.415 e. The zero-order valence-electron chi connectivity index (χ0n) is 8.61. The second-order valence-corrected chi connectivity index (χ2v) is 3.67. The molecular formula is C11H14F3NO. The normalized spacial score (nSPS) is 15.8. The zero-order valence-corrected chi connectivity index (χ0v) is 8.61. The van der Waals surface area contributed by atoms with Gasteiger partial charge in [0.05, 0.1) is 0 Å². The van der Waals surface area contributed by atoms with Gasteiger partial charge in [-0.2, -0.15) is 13.2 Å². The molecule has 5 heteroatoms. The van der Waals surface area contributed by atoms with Gasteiger partial charge in [-0.05, 0) is 18.4 Å². The molecule has 1 aromatic rings. The molecule has 0 amide bonds. The van der Waals surface area contributed by atoms with Crippen LogP contribution in [0.1, 0.15) is 12.0 Å². The Morgan fingerprint density at radius 3 is 2.25 bits per heavy atom. The van der Waals surface area contributed by atoms with E-state index in [1.807, 2.05) is 18.2 Å². The van der Waals surface area contributed by atoms with Crippen molar-refractivity contribution in [2.75, 3.05) is 0 Å². The monoisotopic (exact) mass is 233 g/mol. The average Bonchev–Trinajstić information content (AvgIpc) is 2.25. The maximum Gasteiger partial charge on any atom is 0.415 e. The third kappa shape index (κ3) is 3.83. The molecule has 0 aliphatic carbocycles. The lowest BCUT2D eigenvalue weighted by atomic mass is 10.0. The van der Waals surface area contributed by atoms with Crippen LogP contribution in [0.3, 0.4) is 0 Å². The number of hydrogen-bond acceptors (Lipinski definition) is 2. The molecule has 16 heavy (non-hydrogen) atoms. The fourth-order valence-corrected chi connectivity index (χ4v) is 1.38. The van der Waals surface area contributed by atoms with Crippen molar-refractivity contribution in [3.05, 3.63) is 35.9 Å². The highest BCUT2D eigenvalue weighted by Crippen LogP contribution is 2.23. The van der Waals surface area contributed by atoms with Gasteiger partial charge < -0.3 is 10.8 Å². The minimum atomic E-state index is -4.64. The molecule has 0 saturated heterocycles. The fraction of sp³-hybridized carbons (Fsp3) is 0.455. The second kappa shape index (κ2) is 5.32. The van der Waals surface area contributed by atoms with Crippen molar-refractivity contribution in [3.63, 3.8) is 0 Å². The van der Waals surface area contributed by atoms with E-state index in [1.165, 1.54) is 0 Å². The van der Waals surface area contributed by atoms with Gasteiger partial charge in [-0.15, -0.1) is 0 Å². The lowest BCUT2D eigenvalue weighted by Crippen LogP contribution is -2.45. The molecule has 0 heterocycles. The quantitative estimate of drug-likeness (QED) is 0.834. The number of nitrogens with two attached hydrogens (primary N) is 1. The first kappa shape index (κ1) is 13.0. The van der Waals surface area contributed by atoms with Crippen LogP contribution in [0.25, 0.3) is 0 Å². The van der Waals surface area contributed by atoms with Gasteiger partial charge in [0.15, 0.2) is 6.10 Å². The van der Waals surface area contributed by atoms with Gasteiger partial charge in [-0.3, -0.25) is 0 Å². The molecule has 0 fully saturated rings. The second-order valence-electron chi connectivity index (χ2n) is 3.67. The third-order valence-corrected chi connectivity index (χ3v) is 2.35. The van der Waals surface area contributed by atoms with Crippen molar-refractivity contribution in [2.45, 2.75) is 31.2 Å². The molecule has 2 nitrogen and oxygen atoms in total. The van der Waals surface area contributed by atoms with E-state index >= 15 is 0 Å². The Bertz CT molecular complexity index is 313. The van der Waals surface area contributed by atoms with Crippen LogP contribution in [0.4, 0.5) is 13.2 Å². The lowest BCUT2D eigenvalue weighted by Gasteiger charge is -2.21. The Kier molecular flexibility index (Phi) is 4.32. The summed E-state index contributed by atoms with van der Waals surface area (Å²) in [5, 5.41) is 8.88. The first-order valence-electron chi connectivity index (χ1n) is 4.95. The summed E-state index contributed by atoms with van der Waals surface area (Å²) < 4.78 is 36.3. The van der Waals surface area contributed by atoms with Crippen LogP contribution in [-0.4, -0.2) is 23.4 Å². The Morgan fingerprint density at radius 1 is 1.19 bits per heavy atom. The van der Waals surface area contributed by atoms with Crippen molar-refractivity contribution in [1.29, 1.82) is 0 Å². The summed E-state index contributed by atoms with van der Waals surface area (Å²) in [7, 11) is 0. The van der Waals surface area contributed by atoms with Gasteiger partial charge in [0, 0.05) is 6.04 Å². The summed E-state index contributed by atoms with van der Waals surface area (Å²) in [4.78, 5) is 0. The predicted octanol–water partition coefficient (Wildman–Crippen LogP) is 1.87. The SMILES string of the molecule is N[C@@H](CCc1ccccc1)[C@H](O)C(F)(F)F. The highest BCUT2D eigenvalue weighted by molar-refractivity contribution is 5.14. The Labute approximate surface area is 91.9 Å². The summed E-state index contributed by atoms with van der Waals surface area (Å²) in [5.74, 6) is 0. The van der Waals surface area contributed by atoms with Gasteiger partial charge >= 0.3 is 6.18 Å². The number of rotatable bonds is 4. The molecule has 0 bridgehead atoms. The highest BCUT2D eigenvalue weighted by Gasteiger charge is 2.41. The summed E-state index contributed by atoms with van der Waals surface area (Å²) in [6, 6.07) is 7.79. The number of benzene rings is 1. The molecule has 1 aromatic carbocycles. The zero-order chi connectivity index (χ0) is 12.2. The van der Waals surface area contributed by atoms with Crippen LogP contribution in [0.5, 0.6) is 0 Å². The molecule has 1 rings (SSSR count). The summed E-state index contributed by atoms with van der Waals surface area (Å²) in [6.45, 7) is 0. The van der Waals surface area contributed by atoms with Crippen molar-refractivity contribution in [2.24, 2.45) is 5.73 Å². The summed E-state index contributed by atoms with van der Waals surface area (Å²) >= 11 is 0. The third-order valence-electron chi connectivity index (χ3n) is 2.35. The van der Waals surface area contributed by atoms with E-state index in [0.717, 1.165) is 5.56 Å². The Balaban J connectivity index is 2.44. The number of aliphatic hydroxyl groups excluding tert-OH is 1. The Hall–Kier alpha value is -1.07. The topological polar surface area (TPSA) is 46.2 Å². The van der Waals surface area contributed by atoms with Crippen LogP contribution in [0, 0.1) is 0 Å². The molecule has 0 radical (unpaired) electrons. The van der Waals surface area contributed by atoms with E-state index in [0.29, 0.717) is 6.42 Å². The van der Waals surface area contributed by atoms with Gasteiger partial charge in [0.25, 0.3) is 0 Å². The molecule has 3 N–H and O–H groups in total. The number of hydrogen-bond donors (Lipinski definition) is 2. The van der Waals surface area contributed by atoms with E-state index in [1.54, 1.807) is 12.1 Å². The first-order valence-corrected chi connectivity index (χ1v) is 4.95. The van der Waals surface area contributed by atoms with Crippen molar-refractivity contribution in [1.82, 2.24) is 0 Å². The smallest absolute Gasteiger partial charge is 0.382 e. The Morgan fingerprint density at radius 2 is 1.75 bits per heavy atom. The summed E-state index contributed by atoms with van der Waals surface area (Å²) in [6.07, 6.45) is -6.56. The number of alkyl halides is 3. The number of aliphatic hydroxyl groups is 1. The van der Waals surface area contributed by atoms with Gasteiger partial charge in [0.2, 0.25) is 0 Å². The minimum Gasteiger partial charge on any atom is -0.382 e. The van der Waals surface area contributed by atoms with Gasteiger partial charge in [0.1, 0.15) is 0 Å². The standard InChI is InChI=1S/C11H14F3NO/c12-11(13,14)10(16)9(15)7-6-8-4-2-1-3-5-8/h1-5,9-10,16H,6-7,15H2/t9-,10-/m0/s1. The fourth-order valence-electron chi connectivity index (χ4n) is 1.38. The van der Waals surface area contributed by atoms with Gasteiger partial charge in [-0.25, -0.2) is 0 Å².